The lowest BCUT2D eigenvalue weighted by molar-refractivity contribution is -0.118. The van der Waals surface area contributed by atoms with Crippen molar-refractivity contribution in [2.75, 3.05) is 0 Å². The summed E-state index contributed by atoms with van der Waals surface area (Å²) in [5.41, 5.74) is 11.1. The standard InChI is InChI=1S/C11H11F4N3/c12-10-2-7(4-16)1-8(3-10)9(5-17)6-18-11(13,14)15/h1-3,5-6H,4,16-17H2. The van der Waals surface area contributed by atoms with Gasteiger partial charge in [0.1, 0.15) is 5.82 Å². The molecule has 0 heterocycles. The predicted octanol–water partition coefficient (Wildman–Crippen LogP) is 2.17. The fourth-order valence-electron chi connectivity index (χ4n) is 1.29. The molecule has 0 unspecified atom stereocenters. The van der Waals surface area contributed by atoms with Crippen molar-refractivity contribution < 1.29 is 17.6 Å². The summed E-state index contributed by atoms with van der Waals surface area (Å²) in [6, 6.07) is 3.70. The van der Waals surface area contributed by atoms with Crippen LogP contribution in [0.5, 0.6) is 0 Å². The maximum absolute atomic E-state index is 13.2. The second-order valence-electron chi connectivity index (χ2n) is 3.40. The van der Waals surface area contributed by atoms with Gasteiger partial charge < -0.3 is 11.5 Å². The normalized spacial score (nSPS) is 13.3. The van der Waals surface area contributed by atoms with E-state index in [-0.39, 0.29) is 17.7 Å². The molecule has 0 saturated heterocycles. The van der Waals surface area contributed by atoms with Crippen LogP contribution in [0.4, 0.5) is 17.6 Å². The minimum atomic E-state index is -4.70. The summed E-state index contributed by atoms with van der Waals surface area (Å²) in [7, 11) is 0. The number of allylic oxidation sites excluding steroid dienone is 1. The Balaban J connectivity index is 3.11. The second kappa shape index (κ2) is 5.63. The molecule has 0 spiro atoms. The highest BCUT2D eigenvalue weighted by molar-refractivity contribution is 6.09. The molecule has 0 bridgehead atoms. The van der Waals surface area contributed by atoms with Crippen LogP contribution >= 0.6 is 0 Å². The Labute approximate surface area is 101 Å². The van der Waals surface area contributed by atoms with Crippen LogP contribution in [0, 0.1) is 5.82 Å². The van der Waals surface area contributed by atoms with Gasteiger partial charge in [-0.05, 0) is 29.3 Å². The van der Waals surface area contributed by atoms with Crippen molar-refractivity contribution in [3.63, 3.8) is 0 Å². The molecular formula is C11H11F4N3. The summed E-state index contributed by atoms with van der Waals surface area (Å²) < 4.78 is 49.0. The minimum Gasteiger partial charge on any atom is -0.404 e. The Morgan fingerprint density at radius 3 is 2.44 bits per heavy atom. The molecule has 1 rings (SSSR count). The van der Waals surface area contributed by atoms with Gasteiger partial charge in [0.15, 0.2) is 0 Å². The van der Waals surface area contributed by atoms with Crippen LogP contribution < -0.4 is 11.5 Å². The van der Waals surface area contributed by atoms with E-state index in [1.807, 2.05) is 0 Å². The molecule has 0 amide bonds. The molecule has 0 radical (unpaired) electrons. The predicted molar refractivity (Wildman–Crippen MR) is 61.0 cm³/mol. The van der Waals surface area contributed by atoms with Crippen molar-refractivity contribution in [2.24, 2.45) is 16.5 Å². The summed E-state index contributed by atoms with van der Waals surface area (Å²) >= 11 is 0. The molecule has 0 aliphatic rings. The van der Waals surface area contributed by atoms with Gasteiger partial charge in [-0.25, -0.2) is 4.39 Å². The van der Waals surface area contributed by atoms with Crippen molar-refractivity contribution in [2.45, 2.75) is 12.8 Å². The number of hydrogen-bond donors (Lipinski definition) is 2. The topological polar surface area (TPSA) is 64.4 Å². The third kappa shape index (κ3) is 4.17. The first-order valence-corrected chi connectivity index (χ1v) is 4.89. The van der Waals surface area contributed by atoms with Crippen LogP contribution in [0.1, 0.15) is 11.1 Å². The van der Waals surface area contributed by atoms with Crippen LogP contribution in [-0.2, 0) is 6.54 Å². The number of nitrogens with two attached hydrogens (primary N) is 2. The number of benzene rings is 1. The maximum Gasteiger partial charge on any atom is 0.503 e. The van der Waals surface area contributed by atoms with E-state index in [0.717, 1.165) is 12.3 Å². The molecule has 1 aromatic carbocycles. The molecule has 98 valence electrons. The zero-order valence-corrected chi connectivity index (χ0v) is 9.21. The summed E-state index contributed by atoms with van der Waals surface area (Å²) in [5, 5.41) is 0. The minimum absolute atomic E-state index is 0.0403. The summed E-state index contributed by atoms with van der Waals surface area (Å²) in [6.07, 6.45) is -3.24. The van der Waals surface area contributed by atoms with Crippen molar-refractivity contribution in [3.05, 3.63) is 41.3 Å². The first-order valence-electron chi connectivity index (χ1n) is 4.89. The number of hydrogen-bond acceptors (Lipinski definition) is 3. The van der Waals surface area contributed by atoms with E-state index in [1.165, 1.54) is 12.1 Å². The summed E-state index contributed by atoms with van der Waals surface area (Å²) in [5.74, 6) is -0.604. The number of halogens is 4. The lowest BCUT2D eigenvalue weighted by Gasteiger charge is -2.05. The van der Waals surface area contributed by atoms with E-state index in [9.17, 15) is 17.6 Å². The quantitative estimate of drug-likeness (QED) is 0.497. The Hall–Kier alpha value is -1.89. The Kier molecular flexibility index (Phi) is 4.43. The molecule has 0 aliphatic heterocycles. The fraction of sp³-hybridized carbons (Fsp3) is 0.182. The van der Waals surface area contributed by atoms with E-state index < -0.39 is 12.1 Å². The first kappa shape index (κ1) is 14.2. The largest absolute Gasteiger partial charge is 0.503 e. The highest BCUT2D eigenvalue weighted by Gasteiger charge is 2.24. The SMILES string of the molecule is NC=C(C=NC(F)(F)F)c1cc(F)cc(CN)c1. The van der Waals surface area contributed by atoms with Gasteiger partial charge in [0, 0.05) is 24.5 Å². The molecule has 4 N–H and O–H groups in total. The number of rotatable bonds is 3. The van der Waals surface area contributed by atoms with E-state index in [1.54, 1.807) is 0 Å². The van der Waals surface area contributed by atoms with Crippen LogP contribution in [0.3, 0.4) is 0 Å². The Morgan fingerprint density at radius 1 is 1.28 bits per heavy atom. The highest BCUT2D eigenvalue weighted by atomic mass is 19.4. The highest BCUT2D eigenvalue weighted by Crippen LogP contribution is 2.20. The smallest absolute Gasteiger partial charge is 0.404 e. The van der Waals surface area contributed by atoms with Crippen molar-refractivity contribution >= 4 is 11.8 Å². The van der Waals surface area contributed by atoms with Gasteiger partial charge in [0.25, 0.3) is 0 Å². The third-order valence-electron chi connectivity index (χ3n) is 2.06. The molecule has 0 saturated carbocycles. The molecule has 1 aromatic rings. The van der Waals surface area contributed by atoms with E-state index >= 15 is 0 Å². The molecule has 0 aliphatic carbocycles. The Morgan fingerprint density at radius 2 is 1.94 bits per heavy atom. The van der Waals surface area contributed by atoms with Gasteiger partial charge in [-0.2, -0.15) is 4.99 Å². The van der Waals surface area contributed by atoms with Gasteiger partial charge in [0.2, 0.25) is 0 Å². The number of aliphatic imine (C=N–C) groups is 1. The molecule has 0 atom stereocenters. The van der Waals surface area contributed by atoms with Crippen molar-refractivity contribution in [1.29, 1.82) is 0 Å². The second-order valence-corrected chi connectivity index (χ2v) is 3.40. The maximum atomic E-state index is 13.2. The third-order valence-corrected chi connectivity index (χ3v) is 2.06. The van der Waals surface area contributed by atoms with Gasteiger partial charge in [-0.1, -0.05) is 0 Å². The average molecular weight is 261 g/mol. The van der Waals surface area contributed by atoms with E-state index in [2.05, 4.69) is 4.99 Å². The van der Waals surface area contributed by atoms with Crippen LogP contribution in [-0.4, -0.2) is 12.5 Å². The van der Waals surface area contributed by atoms with Crippen molar-refractivity contribution in [1.82, 2.24) is 0 Å². The molecule has 7 heteroatoms. The average Bonchev–Trinajstić information content (AvgIpc) is 2.27. The van der Waals surface area contributed by atoms with Crippen LogP contribution in [0.2, 0.25) is 0 Å². The fourth-order valence-corrected chi connectivity index (χ4v) is 1.29. The molecule has 0 fully saturated rings. The number of nitrogens with zero attached hydrogens (tertiary/aromatic N) is 1. The van der Waals surface area contributed by atoms with Gasteiger partial charge in [0.05, 0.1) is 0 Å². The van der Waals surface area contributed by atoms with E-state index in [4.69, 9.17) is 11.5 Å². The lowest BCUT2D eigenvalue weighted by Crippen LogP contribution is -2.04. The number of alkyl halides is 3. The van der Waals surface area contributed by atoms with Crippen LogP contribution in [0.15, 0.2) is 29.4 Å². The molecule has 18 heavy (non-hydrogen) atoms. The lowest BCUT2D eigenvalue weighted by atomic mass is 10.0. The summed E-state index contributed by atoms with van der Waals surface area (Å²) in [4.78, 5) is 2.36. The van der Waals surface area contributed by atoms with Gasteiger partial charge in [-0.15, -0.1) is 13.2 Å². The van der Waals surface area contributed by atoms with Gasteiger partial charge in [-0.3, -0.25) is 0 Å². The Bertz CT molecular complexity index is 478. The molecule has 0 aromatic heterocycles. The zero-order valence-electron chi connectivity index (χ0n) is 9.21. The monoisotopic (exact) mass is 261 g/mol. The summed E-state index contributed by atoms with van der Waals surface area (Å²) in [6.45, 7) is 0.0685. The van der Waals surface area contributed by atoms with E-state index in [0.29, 0.717) is 11.8 Å². The molecular weight excluding hydrogens is 250 g/mol. The first-order chi connectivity index (χ1) is 8.35. The van der Waals surface area contributed by atoms with Crippen molar-refractivity contribution in [3.8, 4) is 0 Å². The van der Waals surface area contributed by atoms with Gasteiger partial charge >= 0.3 is 6.30 Å². The zero-order chi connectivity index (χ0) is 13.8. The van der Waals surface area contributed by atoms with Crippen LogP contribution in [0.25, 0.3) is 5.57 Å². The molecule has 3 nitrogen and oxygen atoms in total.